The number of amides is 1. The van der Waals surface area contributed by atoms with Gasteiger partial charge in [-0.1, -0.05) is 30.3 Å². The molecule has 28 heavy (non-hydrogen) atoms. The Morgan fingerprint density at radius 2 is 1.86 bits per heavy atom. The normalized spacial score (nSPS) is 11.7. The summed E-state index contributed by atoms with van der Waals surface area (Å²) in [7, 11) is 0. The number of nitro benzene ring substituents is 1. The molecule has 3 rings (SSSR count). The number of rotatable bonds is 6. The molecule has 2 aromatic carbocycles. The van der Waals surface area contributed by atoms with E-state index in [-0.39, 0.29) is 23.1 Å². The van der Waals surface area contributed by atoms with E-state index in [1.54, 1.807) is 30.3 Å². The molecule has 0 aliphatic carbocycles. The Morgan fingerprint density at radius 1 is 1.14 bits per heavy atom. The molecule has 0 bridgehead atoms. The van der Waals surface area contributed by atoms with E-state index in [1.807, 2.05) is 0 Å². The Labute approximate surface area is 157 Å². The maximum atomic E-state index is 12.5. The topological polar surface area (TPSA) is 140 Å². The molecule has 1 aromatic heterocycles. The van der Waals surface area contributed by atoms with Gasteiger partial charge in [0.15, 0.2) is 0 Å². The van der Waals surface area contributed by atoms with E-state index in [0.29, 0.717) is 5.56 Å². The summed E-state index contributed by atoms with van der Waals surface area (Å²) in [6, 6.07) is 12.1. The molecule has 142 valence electrons. The van der Waals surface area contributed by atoms with Crippen molar-refractivity contribution < 1.29 is 24.0 Å². The number of hydrogen-bond acceptors (Lipinski definition) is 6. The summed E-state index contributed by atoms with van der Waals surface area (Å²) < 4.78 is 5.02. The predicted molar refractivity (Wildman–Crippen MR) is 98.2 cm³/mol. The Hall–Kier alpha value is -4.01. The van der Waals surface area contributed by atoms with Gasteiger partial charge in [-0.05, 0) is 17.7 Å². The number of non-ortho nitro benzene ring substituents is 1. The molecule has 0 spiro atoms. The van der Waals surface area contributed by atoms with Gasteiger partial charge in [-0.2, -0.15) is 0 Å². The molecule has 2 N–H and O–H groups in total. The van der Waals surface area contributed by atoms with Crippen LogP contribution < -0.4 is 10.9 Å². The molecule has 9 heteroatoms. The summed E-state index contributed by atoms with van der Waals surface area (Å²) in [6.45, 7) is 0. The van der Waals surface area contributed by atoms with Crippen LogP contribution in [0.3, 0.4) is 0 Å². The van der Waals surface area contributed by atoms with Crippen LogP contribution in [-0.2, 0) is 11.2 Å². The molecule has 1 amide bonds. The number of carbonyl (C=O) groups is 2. The number of carbonyl (C=O) groups excluding carboxylic acids is 1. The highest BCUT2D eigenvalue weighted by Crippen LogP contribution is 2.20. The van der Waals surface area contributed by atoms with Crippen molar-refractivity contribution in [3.05, 3.63) is 86.3 Å². The van der Waals surface area contributed by atoms with E-state index in [0.717, 1.165) is 12.1 Å². The lowest BCUT2D eigenvalue weighted by Gasteiger charge is -2.14. The maximum Gasteiger partial charge on any atom is 0.349 e. The number of hydrogen-bond donors (Lipinski definition) is 2. The average molecular weight is 382 g/mol. The van der Waals surface area contributed by atoms with Crippen LogP contribution in [0.5, 0.6) is 0 Å². The highest BCUT2D eigenvalue weighted by Gasteiger charge is 2.23. The van der Waals surface area contributed by atoms with Crippen LogP contribution in [0.2, 0.25) is 0 Å². The highest BCUT2D eigenvalue weighted by atomic mass is 16.6. The van der Waals surface area contributed by atoms with Gasteiger partial charge in [0, 0.05) is 23.9 Å². The van der Waals surface area contributed by atoms with Gasteiger partial charge in [0.25, 0.3) is 11.6 Å². The van der Waals surface area contributed by atoms with E-state index >= 15 is 0 Å². The van der Waals surface area contributed by atoms with E-state index < -0.39 is 34.0 Å². The Morgan fingerprint density at radius 3 is 2.50 bits per heavy atom. The van der Waals surface area contributed by atoms with Gasteiger partial charge < -0.3 is 14.8 Å². The smallest absolute Gasteiger partial charge is 0.349 e. The molecular weight excluding hydrogens is 368 g/mol. The zero-order valence-electron chi connectivity index (χ0n) is 14.3. The average Bonchev–Trinajstić information content (AvgIpc) is 2.67. The summed E-state index contributed by atoms with van der Waals surface area (Å²) in [5.41, 5.74) is -0.877. The number of fused-ring (bicyclic) bond motifs is 1. The van der Waals surface area contributed by atoms with E-state index in [1.165, 1.54) is 12.1 Å². The quantitative estimate of drug-likeness (QED) is 0.378. The number of nitrogens with one attached hydrogen (secondary N) is 1. The number of nitrogens with zero attached hydrogens (tertiary/aromatic N) is 1. The molecule has 0 aliphatic rings. The fourth-order valence-electron chi connectivity index (χ4n) is 2.67. The number of nitro groups is 1. The molecule has 1 atom stereocenters. The minimum atomic E-state index is -1.27. The Balaban J connectivity index is 1.90. The van der Waals surface area contributed by atoms with Crippen molar-refractivity contribution in [2.75, 3.05) is 0 Å². The molecule has 0 saturated carbocycles. The van der Waals surface area contributed by atoms with Gasteiger partial charge >= 0.3 is 11.6 Å². The molecular formula is C19H14N2O7. The van der Waals surface area contributed by atoms with Crippen LogP contribution in [0.15, 0.2) is 63.8 Å². The van der Waals surface area contributed by atoms with Gasteiger partial charge in [-0.15, -0.1) is 0 Å². The van der Waals surface area contributed by atoms with Crippen LogP contribution in [0, 0.1) is 10.1 Å². The highest BCUT2D eigenvalue weighted by molar-refractivity contribution is 5.98. The predicted octanol–water partition coefficient (Wildman–Crippen LogP) is 2.13. The molecule has 0 aliphatic heterocycles. The summed E-state index contributed by atoms with van der Waals surface area (Å²) in [5, 5.41) is 22.7. The van der Waals surface area contributed by atoms with Crippen LogP contribution >= 0.6 is 0 Å². The van der Waals surface area contributed by atoms with Gasteiger partial charge in [-0.25, -0.2) is 9.59 Å². The van der Waals surface area contributed by atoms with Crippen molar-refractivity contribution in [2.45, 2.75) is 12.5 Å². The molecule has 0 saturated heterocycles. The van der Waals surface area contributed by atoms with Gasteiger partial charge in [0.1, 0.15) is 17.2 Å². The zero-order chi connectivity index (χ0) is 20.3. The molecule has 0 radical (unpaired) electrons. The Kier molecular flexibility index (Phi) is 5.16. The first-order chi connectivity index (χ1) is 13.3. The van der Waals surface area contributed by atoms with Gasteiger partial charge in [0.05, 0.1) is 4.92 Å². The fourth-order valence-corrected chi connectivity index (χ4v) is 2.67. The van der Waals surface area contributed by atoms with Crippen molar-refractivity contribution in [3.63, 3.8) is 0 Å². The van der Waals surface area contributed by atoms with Crippen molar-refractivity contribution in [3.8, 4) is 0 Å². The second kappa shape index (κ2) is 7.70. The minimum Gasteiger partial charge on any atom is -0.480 e. The van der Waals surface area contributed by atoms with Crippen LogP contribution in [0.25, 0.3) is 11.0 Å². The molecule has 0 fully saturated rings. The third kappa shape index (κ3) is 4.04. The first kappa shape index (κ1) is 18.8. The van der Waals surface area contributed by atoms with Crippen LogP contribution in [0.1, 0.15) is 15.9 Å². The van der Waals surface area contributed by atoms with E-state index in [2.05, 4.69) is 5.32 Å². The van der Waals surface area contributed by atoms with E-state index in [4.69, 9.17) is 4.42 Å². The first-order valence-corrected chi connectivity index (χ1v) is 8.15. The third-order valence-corrected chi connectivity index (χ3v) is 4.06. The number of carboxylic acid groups (broad SMARTS) is 1. The SMILES string of the molecule is O=C(N[C@@H](Cc1ccccc1)C(=O)O)c1cc2cc([N+](=O)[O-])ccc2oc1=O. The first-order valence-electron chi connectivity index (χ1n) is 8.15. The number of benzene rings is 2. The molecule has 0 unspecified atom stereocenters. The fraction of sp³-hybridized carbons (Fsp3) is 0.105. The standard InChI is InChI=1S/C19H14N2O7/c22-17(20-15(18(23)24)8-11-4-2-1-3-5-11)14-10-12-9-13(21(26)27)6-7-16(12)28-19(14)25/h1-7,9-10,15H,8H2,(H,20,22)(H,23,24)/t15-/m0/s1. The van der Waals surface area contributed by atoms with Crippen molar-refractivity contribution in [2.24, 2.45) is 0 Å². The van der Waals surface area contributed by atoms with Gasteiger partial charge in [0.2, 0.25) is 0 Å². The largest absolute Gasteiger partial charge is 0.480 e. The van der Waals surface area contributed by atoms with Crippen LogP contribution in [0.4, 0.5) is 5.69 Å². The zero-order valence-corrected chi connectivity index (χ0v) is 14.3. The summed E-state index contributed by atoms with van der Waals surface area (Å²) >= 11 is 0. The second-order valence-corrected chi connectivity index (χ2v) is 5.98. The summed E-state index contributed by atoms with van der Waals surface area (Å²) in [5.74, 6) is -2.21. The van der Waals surface area contributed by atoms with Crippen molar-refractivity contribution in [1.29, 1.82) is 0 Å². The number of carboxylic acids is 1. The van der Waals surface area contributed by atoms with Crippen molar-refractivity contribution in [1.82, 2.24) is 5.32 Å². The number of aliphatic carboxylic acids is 1. The van der Waals surface area contributed by atoms with Gasteiger partial charge in [-0.3, -0.25) is 14.9 Å². The minimum absolute atomic E-state index is 0.0201. The maximum absolute atomic E-state index is 12.5. The summed E-state index contributed by atoms with van der Waals surface area (Å²) in [4.78, 5) is 46.3. The lowest BCUT2D eigenvalue weighted by molar-refractivity contribution is -0.384. The molecule has 9 nitrogen and oxygen atoms in total. The van der Waals surface area contributed by atoms with E-state index in [9.17, 15) is 29.6 Å². The third-order valence-electron chi connectivity index (χ3n) is 4.06. The van der Waals surface area contributed by atoms with Crippen LogP contribution in [-0.4, -0.2) is 27.9 Å². The summed E-state index contributed by atoms with van der Waals surface area (Å²) in [6.07, 6.45) is 0.0201. The van der Waals surface area contributed by atoms with Crippen molar-refractivity contribution >= 4 is 28.5 Å². The Bertz CT molecular complexity index is 1120. The lowest BCUT2D eigenvalue weighted by Crippen LogP contribution is -2.43. The monoisotopic (exact) mass is 382 g/mol. The molecule has 3 aromatic rings. The lowest BCUT2D eigenvalue weighted by atomic mass is 10.1. The molecule has 1 heterocycles. The second-order valence-electron chi connectivity index (χ2n) is 5.98.